The number of nitrogens with zero attached hydrogens (tertiary/aromatic N) is 2. The molecule has 0 aromatic heterocycles. The Morgan fingerprint density at radius 2 is 1.78 bits per heavy atom. The Hall–Kier alpha value is -2.87. The first kappa shape index (κ1) is 23.8. The lowest BCUT2D eigenvalue weighted by molar-refractivity contribution is -0.117. The SMILES string of the molecule is Cc1cc(C)cc(N(CCCC(=O)Nc2ccc(N3CCCC3=O)c(C)c2)S(C)(=O)=O)c1. The smallest absolute Gasteiger partial charge is 0.232 e. The summed E-state index contributed by atoms with van der Waals surface area (Å²) in [6.07, 6.45) is 3.21. The number of sulfonamides is 1. The van der Waals surface area contributed by atoms with E-state index in [1.165, 1.54) is 10.6 Å². The fourth-order valence-electron chi connectivity index (χ4n) is 4.13. The normalized spacial score (nSPS) is 14.0. The molecule has 1 aliphatic rings. The van der Waals surface area contributed by atoms with Crippen molar-refractivity contribution in [1.82, 2.24) is 0 Å². The highest BCUT2D eigenvalue weighted by atomic mass is 32.2. The molecular formula is C24H31N3O4S. The van der Waals surface area contributed by atoms with Crippen LogP contribution in [0.5, 0.6) is 0 Å². The molecule has 2 aromatic rings. The summed E-state index contributed by atoms with van der Waals surface area (Å²) in [5, 5.41) is 2.87. The van der Waals surface area contributed by atoms with Gasteiger partial charge in [-0.3, -0.25) is 13.9 Å². The summed E-state index contributed by atoms with van der Waals surface area (Å²) in [5.74, 6) is -0.0487. The second kappa shape index (κ2) is 9.73. The predicted molar refractivity (Wildman–Crippen MR) is 129 cm³/mol. The topological polar surface area (TPSA) is 86.8 Å². The van der Waals surface area contributed by atoms with Crippen LogP contribution in [-0.2, 0) is 19.6 Å². The summed E-state index contributed by atoms with van der Waals surface area (Å²) in [7, 11) is -3.46. The van der Waals surface area contributed by atoms with Gasteiger partial charge in [0, 0.05) is 37.3 Å². The number of amides is 2. The molecular weight excluding hydrogens is 426 g/mol. The highest BCUT2D eigenvalue weighted by Crippen LogP contribution is 2.27. The fraction of sp³-hybridized carbons (Fsp3) is 0.417. The standard InChI is InChI=1S/C24H31N3O4S/c1-17-13-18(2)15-21(14-17)27(32(4,30)31)12-5-7-23(28)25-20-9-10-22(19(3)16-20)26-11-6-8-24(26)29/h9-10,13-16H,5-8,11-12H2,1-4H3,(H,25,28). The highest BCUT2D eigenvalue weighted by Gasteiger charge is 2.23. The van der Waals surface area contributed by atoms with Crippen molar-refractivity contribution >= 4 is 38.9 Å². The number of benzene rings is 2. The zero-order chi connectivity index (χ0) is 23.5. The molecule has 1 aliphatic heterocycles. The number of carbonyl (C=O) groups excluding carboxylic acids is 2. The molecule has 1 saturated heterocycles. The zero-order valence-corrected chi connectivity index (χ0v) is 20.0. The van der Waals surface area contributed by atoms with Gasteiger partial charge in [-0.05, 0) is 80.6 Å². The molecule has 0 aliphatic carbocycles. The van der Waals surface area contributed by atoms with Gasteiger partial charge in [0.25, 0.3) is 0 Å². The molecule has 1 heterocycles. The monoisotopic (exact) mass is 457 g/mol. The molecule has 7 nitrogen and oxygen atoms in total. The lowest BCUT2D eigenvalue weighted by Crippen LogP contribution is -2.31. The molecule has 0 atom stereocenters. The molecule has 0 radical (unpaired) electrons. The summed E-state index contributed by atoms with van der Waals surface area (Å²) in [6.45, 7) is 6.73. The summed E-state index contributed by atoms with van der Waals surface area (Å²) >= 11 is 0. The Morgan fingerprint density at radius 3 is 2.34 bits per heavy atom. The van der Waals surface area contributed by atoms with Crippen LogP contribution in [-0.4, -0.2) is 39.6 Å². The van der Waals surface area contributed by atoms with E-state index in [0.29, 0.717) is 24.2 Å². The Labute approximate surface area is 190 Å². The van der Waals surface area contributed by atoms with Gasteiger partial charge in [0.05, 0.1) is 11.9 Å². The lowest BCUT2D eigenvalue weighted by Gasteiger charge is -2.23. The molecule has 8 heteroatoms. The van der Waals surface area contributed by atoms with E-state index in [4.69, 9.17) is 0 Å². The number of hydrogen-bond donors (Lipinski definition) is 1. The Kier molecular flexibility index (Phi) is 7.23. The Bertz CT molecular complexity index is 1110. The van der Waals surface area contributed by atoms with E-state index in [-0.39, 0.29) is 24.8 Å². The molecule has 0 bridgehead atoms. The van der Waals surface area contributed by atoms with E-state index in [2.05, 4.69) is 5.32 Å². The first-order valence-electron chi connectivity index (χ1n) is 10.8. The van der Waals surface area contributed by atoms with Crippen molar-refractivity contribution in [3.8, 4) is 0 Å². The van der Waals surface area contributed by atoms with Crippen molar-refractivity contribution in [2.24, 2.45) is 0 Å². The van der Waals surface area contributed by atoms with Gasteiger partial charge in [-0.15, -0.1) is 0 Å². The van der Waals surface area contributed by atoms with E-state index in [0.717, 1.165) is 35.3 Å². The third-order valence-electron chi connectivity index (χ3n) is 5.50. The maximum Gasteiger partial charge on any atom is 0.232 e. The average molecular weight is 458 g/mol. The van der Waals surface area contributed by atoms with Gasteiger partial charge >= 0.3 is 0 Å². The minimum Gasteiger partial charge on any atom is -0.326 e. The first-order chi connectivity index (χ1) is 15.0. The number of rotatable bonds is 8. The highest BCUT2D eigenvalue weighted by molar-refractivity contribution is 7.92. The third kappa shape index (κ3) is 5.88. The van der Waals surface area contributed by atoms with Crippen molar-refractivity contribution in [3.63, 3.8) is 0 Å². The largest absolute Gasteiger partial charge is 0.326 e. The molecule has 3 rings (SSSR count). The van der Waals surface area contributed by atoms with Crippen molar-refractivity contribution in [2.45, 2.75) is 46.5 Å². The Morgan fingerprint density at radius 1 is 1.09 bits per heavy atom. The molecule has 0 unspecified atom stereocenters. The third-order valence-corrected chi connectivity index (χ3v) is 6.70. The zero-order valence-electron chi connectivity index (χ0n) is 19.1. The fourth-order valence-corrected chi connectivity index (χ4v) is 5.08. The molecule has 32 heavy (non-hydrogen) atoms. The summed E-state index contributed by atoms with van der Waals surface area (Å²) in [6, 6.07) is 11.2. The van der Waals surface area contributed by atoms with Gasteiger partial charge in [-0.2, -0.15) is 0 Å². The average Bonchev–Trinajstić information content (AvgIpc) is 3.09. The van der Waals surface area contributed by atoms with Gasteiger partial charge in [0.15, 0.2) is 0 Å². The number of anilines is 3. The molecule has 2 amide bonds. The number of nitrogens with one attached hydrogen (secondary N) is 1. The van der Waals surface area contributed by atoms with E-state index < -0.39 is 10.0 Å². The van der Waals surface area contributed by atoms with Gasteiger partial charge in [0.1, 0.15) is 0 Å². The van der Waals surface area contributed by atoms with Crippen LogP contribution in [0.3, 0.4) is 0 Å². The van der Waals surface area contributed by atoms with Crippen molar-refractivity contribution < 1.29 is 18.0 Å². The summed E-state index contributed by atoms with van der Waals surface area (Å²) < 4.78 is 26.0. The van der Waals surface area contributed by atoms with Crippen LogP contribution < -0.4 is 14.5 Å². The van der Waals surface area contributed by atoms with Gasteiger partial charge in [0.2, 0.25) is 21.8 Å². The lowest BCUT2D eigenvalue weighted by atomic mass is 10.1. The van der Waals surface area contributed by atoms with Gasteiger partial charge < -0.3 is 10.2 Å². The van der Waals surface area contributed by atoms with Crippen LogP contribution in [0.4, 0.5) is 17.1 Å². The van der Waals surface area contributed by atoms with Crippen molar-refractivity contribution in [3.05, 3.63) is 53.1 Å². The summed E-state index contributed by atoms with van der Waals surface area (Å²) in [4.78, 5) is 26.2. The molecule has 1 N–H and O–H groups in total. The second-order valence-electron chi connectivity index (χ2n) is 8.48. The van der Waals surface area contributed by atoms with Gasteiger partial charge in [-0.25, -0.2) is 8.42 Å². The van der Waals surface area contributed by atoms with Crippen LogP contribution in [0.2, 0.25) is 0 Å². The van der Waals surface area contributed by atoms with E-state index in [9.17, 15) is 18.0 Å². The molecule has 2 aromatic carbocycles. The van der Waals surface area contributed by atoms with Crippen molar-refractivity contribution in [1.29, 1.82) is 0 Å². The summed E-state index contributed by atoms with van der Waals surface area (Å²) in [5.41, 5.74) is 5.06. The number of aryl methyl sites for hydroxylation is 3. The van der Waals surface area contributed by atoms with E-state index >= 15 is 0 Å². The molecule has 0 saturated carbocycles. The van der Waals surface area contributed by atoms with Crippen molar-refractivity contribution in [2.75, 3.05) is 33.9 Å². The minimum atomic E-state index is -3.46. The van der Waals surface area contributed by atoms with Gasteiger partial charge in [-0.1, -0.05) is 6.07 Å². The number of carbonyl (C=O) groups is 2. The van der Waals surface area contributed by atoms with E-state index in [1.54, 1.807) is 11.0 Å². The van der Waals surface area contributed by atoms with E-state index in [1.807, 2.05) is 51.1 Å². The van der Waals surface area contributed by atoms with Crippen LogP contribution in [0.1, 0.15) is 42.4 Å². The van der Waals surface area contributed by atoms with Crippen LogP contribution in [0.15, 0.2) is 36.4 Å². The van der Waals surface area contributed by atoms with Crippen LogP contribution >= 0.6 is 0 Å². The Balaban J connectivity index is 1.60. The van der Waals surface area contributed by atoms with Crippen LogP contribution in [0.25, 0.3) is 0 Å². The maximum atomic E-state index is 12.4. The second-order valence-corrected chi connectivity index (χ2v) is 10.4. The minimum absolute atomic E-state index is 0.129. The predicted octanol–water partition coefficient (Wildman–Crippen LogP) is 3.92. The maximum absolute atomic E-state index is 12.4. The molecule has 172 valence electrons. The quantitative estimate of drug-likeness (QED) is 0.651. The molecule has 1 fully saturated rings. The first-order valence-corrected chi connectivity index (χ1v) is 12.7. The molecule has 0 spiro atoms. The van der Waals surface area contributed by atoms with Crippen LogP contribution in [0, 0.1) is 20.8 Å². The number of hydrogen-bond acceptors (Lipinski definition) is 4.